The van der Waals surface area contributed by atoms with Crippen molar-refractivity contribution in [1.82, 2.24) is 0 Å². The van der Waals surface area contributed by atoms with Crippen LogP contribution in [0.15, 0.2) is 42.5 Å². The zero-order chi connectivity index (χ0) is 13.2. The molecule has 0 N–H and O–H groups in total. The van der Waals surface area contributed by atoms with Crippen LogP contribution in [-0.4, -0.2) is 5.78 Å². The molecule has 1 aliphatic carbocycles. The van der Waals surface area contributed by atoms with Crippen LogP contribution in [0.1, 0.15) is 38.3 Å². The second-order valence-corrected chi connectivity index (χ2v) is 5.68. The molecule has 0 heterocycles. The van der Waals surface area contributed by atoms with E-state index in [9.17, 15) is 4.79 Å². The van der Waals surface area contributed by atoms with E-state index in [4.69, 9.17) is 0 Å². The molecule has 0 atom stereocenters. The minimum atomic E-state index is 0.129. The molecule has 18 heavy (non-hydrogen) atoms. The second kappa shape index (κ2) is 4.93. The molecule has 1 heteroatoms. The summed E-state index contributed by atoms with van der Waals surface area (Å²) in [6, 6.07) is 8.34. The van der Waals surface area contributed by atoms with Crippen LogP contribution < -0.4 is 0 Å². The Morgan fingerprint density at radius 3 is 2.78 bits per heavy atom. The van der Waals surface area contributed by atoms with Gasteiger partial charge in [-0.2, -0.15) is 0 Å². The quantitative estimate of drug-likeness (QED) is 0.724. The highest BCUT2D eigenvalue weighted by atomic mass is 16.1. The molecule has 1 aromatic rings. The van der Waals surface area contributed by atoms with Crippen LogP contribution in [0.2, 0.25) is 0 Å². The van der Waals surface area contributed by atoms with Gasteiger partial charge in [-0.05, 0) is 30.0 Å². The summed E-state index contributed by atoms with van der Waals surface area (Å²) in [5, 5.41) is 0. The third-order valence-corrected chi connectivity index (χ3v) is 3.18. The van der Waals surface area contributed by atoms with Gasteiger partial charge in [0.1, 0.15) is 5.78 Å². The van der Waals surface area contributed by atoms with Crippen LogP contribution in [0.5, 0.6) is 0 Å². The molecule has 0 bridgehead atoms. The summed E-state index contributed by atoms with van der Waals surface area (Å²) >= 11 is 0. The van der Waals surface area contributed by atoms with Gasteiger partial charge in [-0.3, -0.25) is 4.79 Å². The van der Waals surface area contributed by atoms with Crippen molar-refractivity contribution in [1.29, 1.82) is 0 Å². The van der Waals surface area contributed by atoms with Gasteiger partial charge in [0.15, 0.2) is 0 Å². The highest BCUT2D eigenvalue weighted by Crippen LogP contribution is 2.32. The third-order valence-electron chi connectivity index (χ3n) is 3.18. The number of hydrogen-bond acceptors (Lipinski definition) is 1. The molecule has 0 saturated heterocycles. The lowest BCUT2D eigenvalue weighted by Crippen LogP contribution is -2.07. The van der Waals surface area contributed by atoms with Crippen LogP contribution in [0, 0.1) is 5.41 Å². The minimum absolute atomic E-state index is 0.129. The molecule has 0 aromatic heterocycles. The van der Waals surface area contributed by atoms with E-state index >= 15 is 0 Å². The average Bonchev–Trinajstić information content (AvgIpc) is 2.27. The Morgan fingerprint density at radius 2 is 2.11 bits per heavy atom. The molecule has 0 fully saturated rings. The first-order chi connectivity index (χ1) is 8.46. The molecule has 2 rings (SSSR count). The van der Waals surface area contributed by atoms with Gasteiger partial charge in [0.05, 0.1) is 0 Å². The number of rotatable bonds is 3. The summed E-state index contributed by atoms with van der Waals surface area (Å²) in [7, 11) is 0. The minimum Gasteiger partial charge on any atom is -0.300 e. The highest BCUT2D eigenvalue weighted by molar-refractivity contribution is 5.79. The molecule has 1 nitrogen and oxygen atoms in total. The smallest absolute Gasteiger partial charge is 0.134 e. The lowest BCUT2D eigenvalue weighted by molar-refractivity contribution is -0.116. The summed E-state index contributed by atoms with van der Waals surface area (Å²) in [6.07, 6.45) is 8.30. The lowest BCUT2D eigenvalue weighted by atomic mass is 9.83. The fourth-order valence-corrected chi connectivity index (χ4v) is 2.42. The monoisotopic (exact) mass is 240 g/mol. The van der Waals surface area contributed by atoms with Crippen molar-refractivity contribution in [2.75, 3.05) is 0 Å². The molecule has 0 spiro atoms. The standard InChI is InChI=1S/C17H20O/c1-13(18)10-14-6-4-7-15(11-14)16-8-5-9-17(2,3)12-16/h4-7,9,11-12H,8,10H2,1-3H3. The van der Waals surface area contributed by atoms with E-state index in [-0.39, 0.29) is 11.2 Å². The molecule has 94 valence electrons. The first-order valence-corrected chi connectivity index (χ1v) is 6.44. The van der Waals surface area contributed by atoms with Crippen molar-refractivity contribution in [3.63, 3.8) is 0 Å². The number of allylic oxidation sites excluding steroid dienone is 4. The maximum absolute atomic E-state index is 11.2. The van der Waals surface area contributed by atoms with E-state index in [1.807, 2.05) is 12.1 Å². The first kappa shape index (κ1) is 12.8. The van der Waals surface area contributed by atoms with E-state index in [1.54, 1.807) is 6.92 Å². The summed E-state index contributed by atoms with van der Waals surface area (Å²) < 4.78 is 0. The Labute approximate surface area is 109 Å². The molecule has 0 saturated carbocycles. The lowest BCUT2D eigenvalue weighted by Gasteiger charge is -2.22. The van der Waals surface area contributed by atoms with Gasteiger partial charge < -0.3 is 0 Å². The van der Waals surface area contributed by atoms with E-state index in [0.29, 0.717) is 6.42 Å². The van der Waals surface area contributed by atoms with Crippen molar-refractivity contribution < 1.29 is 4.79 Å². The number of Topliss-reactive ketones (excluding diaryl/α,β-unsaturated/α-hetero) is 1. The highest BCUT2D eigenvalue weighted by Gasteiger charge is 2.16. The van der Waals surface area contributed by atoms with Gasteiger partial charge in [0.2, 0.25) is 0 Å². The number of benzene rings is 1. The molecule has 0 aliphatic heterocycles. The number of carbonyl (C=O) groups is 1. The van der Waals surface area contributed by atoms with Crippen LogP contribution in [-0.2, 0) is 11.2 Å². The van der Waals surface area contributed by atoms with Crippen LogP contribution in [0.4, 0.5) is 0 Å². The Hall–Kier alpha value is -1.63. The van der Waals surface area contributed by atoms with E-state index < -0.39 is 0 Å². The van der Waals surface area contributed by atoms with Gasteiger partial charge >= 0.3 is 0 Å². The molecule has 1 aliphatic rings. The summed E-state index contributed by atoms with van der Waals surface area (Å²) in [5.41, 5.74) is 3.83. The van der Waals surface area contributed by atoms with E-state index in [1.165, 1.54) is 11.1 Å². The third kappa shape index (κ3) is 3.19. The topological polar surface area (TPSA) is 17.1 Å². The van der Waals surface area contributed by atoms with Gasteiger partial charge in [0, 0.05) is 11.8 Å². The van der Waals surface area contributed by atoms with Gasteiger partial charge in [-0.1, -0.05) is 56.3 Å². The largest absolute Gasteiger partial charge is 0.300 e. The zero-order valence-corrected chi connectivity index (χ0v) is 11.4. The molecule has 1 aromatic carbocycles. The fourth-order valence-electron chi connectivity index (χ4n) is 2.42. The Morgan fingerprint density at radius 1 is 1.33 bits per heavy atom. The van der Waals surface area contributed by atoms with Crippen molar-refractivity contribution >= 4 is 11.4 Å². The van der Waals surface area contributed by atoms with Crippen molar-refractivity contribution in [2.24, 2.45) is 5.41 Å². The molecule has 0 amide bonds. The van der Waals surface area contributed by atoms with Crippen LogP contribution in [0.3, 0.4) is 0 Å². The van der Waals surface area contributed by atoms with Crippen molar-refractivity contribution in [3.8, 4) is 0 Å². The fraction of sp³-hybridized carbons (Fsp3) is 0.353. The van der Waals surface area contributed by atoms with E-state index in [0.717, 1.165) is 12.0 Å². The first-order valence-electron chi connectivity index (χ1n) is 6.44. The Balaban J connectivity index is 2.29. The maximum atomic E-state index is 11.2. The number of ketones is 1. The normalized spacial score (nSPS) is 17.4. The predicted octanol–water partition coefficient (Wildman–Crippen LogP) is 4.19. The molecule has 0 unspecified atom stereocenters. The zero-order valence-electron chi connectivity index (χ0n) is 11.4. The van der Waals surface area contributed by atoms with Crippen molar-refractivity contribution in [3.05, 3.63) is 53.6 Å². The average molecular weight is 240 g/mol. The molecule has 0 radical (unpaired) electrons. The SMILES string of the molecule is CC(=O)Cc1cccc(C2=CC(C)(C)C=CC2)c1. The molecular weight excluding hydrogens is 220 g/mol. The van der Waals surface area contributed by atoms with Gasteiger partial charge in [-0.15, -0.1) is 0 Å². The van der Waals surface area contributed by atoms with E-state index in [2.05, 4.69) is 44.2 Å². The van der Waals surface area contributed by atoms with Gasteiger partial charge in [0.25, 0.3) is 0 Å². The predicted molar refractivity (Wildman–Crippen MR) is 76.3 cm³/mol. The summed E-state index contributed by atoms with van der Waals surface area (Å²) in [4.78, 5) is 11.2. The summed E-state index contributed by atoms with van der Waals surface area (Å²) in [6.45, 7) is 6.06. The Kier molecular flexibility index (Phi) is 3.51. The maximum Gasteiger partial charge on any atom is 0.134 e. The summed E-state index contributed by atoms with van der Waals surface area (Å²) in [5.74, 6) is 0.213. The number of carbonyl (C=O) groups excluding carboxylic acids is 1. The van der Waals surface area contributed by atoms with Crippen LogP contribution >= 0.6 is 0 Å². The number of hydrogen-bond donors (Lipinski definition) is 0. The second-order valence-electron chi connectivity index (χ2n) is 5.68. The Bertz CT molecular complexity index is 518. The van der Waals surface area contributed by atoms with Gasteiger partial charge in [-0.25, -0.2) is 0 Å². The van der Waals surface area contributed by atoms with Crippen molar-refractivity contribution in [2.45, 2.75) is 33.6 Å². The van der Waals surface area contributed by atoms with Crippen LogP contribution in [0.25, 0.3) is 5.57 Å². The molecular formula is C17H20O.